The Kier molecular flexibility index (Phi) is 6.73. The first kappa shape index (κ1) is 20.7. The molecule has 0 aliphatic heterocycles. The number of nitrogens with zero attached hydrogens (tertiary/aromatic N) is 4. The zero-order valence-electron chi connectivity index (χ0n) is 15.4. The van der Waals surface area contributed by atoms with Gasteiger partial charge in [0.05, 0.1) is 12.0 Å². The average molecular weight is 432 g/mol. The van der Waals surface area contributed by atoms with Crippen molar-refractivity contribution in [3.8, 4) is 22.9 Å². The van der Waals surface area contributed by atoms with Gasteiger partial charge in [-0.1, -0.05) is 23.4 Å². The Labute approximate surface area is 176 Å². The van der Waals surface area contributed by atoms with Crippen LogP contribution in [-0.4, -0.2) is 42.9 Å². The van der Waals surface area contributed by atoms with E-state index in [1.807, 2.05) is 23.6 Å². The number of phenols is 2. The number of hydrogen-bond donors (Lipinski definition) is 3. The Bertz CT molecular complexity index is 1040. The van der Waals surface area contributed by atoms with E-state index in [1.54, 1.807) is 18.2 Å². The van der Waals surface area contributed by atoms with Crippen LogP contribution < -0.4 is 5.43 Å². The molecule has 0 aliphatic carbocycles. The van der Waals surface area contributed by atoms with Crippen LogP contribution >= 0.6 is 23.4 Å². The van der Waals surface area contributed by atoms with Crippen molar-refractivity contribution in [2.45, 2.75) is 18.6 Å². The van der Waals surface area contributed by atoms with Crippen molar-refractivity contribution in [2.24, 2.45) is 5.10 Å². The first-order valence-corrected chi connectivity index (χ1v) is 10.00. The number of hydrogen-bond acceptors (Lipinski definition) is 7. The molecule has 150 valence electrons. The highest BCUT2D eigenvalue weighted by Gasteiger charge is 2.14. The van der Waals surface area contributed by atoms with Crippen LogP contribution in [0, 0.1) is 0 Å². The second kappa shape index (κ2) is 9.44. The van der Waals surface area contributed by atoms with Crippen molar-refractivity contribution >= 4 is 35.5 Å². The fraction of sp³-hybridized carbons (Fsp3) is 0.158. The van der Waals surface area contributed by atoms with E-state index in [1.165, 1.54) is 30.1 Å². The largest absolute Gasteiger partial charge is 0.504 e. The van der Waals surface area contributed by atoms with Gasteiger partial charge in [-0.15, -0.1) is 10.2 Å². The predicted molar refractivity (Wildman–Crippen MR) is 112 cm³/mol. The third-order valence-electron chi connectivity index (χ3n) is 3.87. The average Bonchev–Trinajstić information content (AvgIpc) is 3.12. The molecule has 0 bridgehead atoms. The van der Waals surface area contributed by atoms with Crippen molar-refractivity contribution < 1.29 is 15.0 Å². The minimum Gasteiger partial charge on any atom is -0.504 e. The fourth-order valence-corrected chi connectivity index (χ4v) is 3.38. The van der Waals surface area contributed by atoms with Crippen LogP contribution in [-0.2, 0) is 11.3 Å². The van der Waals surface area contributed by atoms with Gasteiger partial charge in [-0.3, -0.25) is 4.79 Å². The monoisotopic (exact) mass is 431 g/mol. The molecule has 0 atom stereocenters. The molecule has 0 saturated heterocycles. The number of amides is 1. The Morgan fingerprint density at radius 2 is 1.97 bits per heavy atom. The molecule has 2 aromatic carbocycles. The van der Waals surface area contributed by atoms with Crippen LogP contribution in [0.1, 0.15) is 12.5 Å². The number of rotatable bonds is 7. The molecular formula is C19H18ClN5O3S. The van der Waals surface area contributed by atoms with Gasteiger partial charge in [-0.2, -0.15) is 5.10 Å². The molecule has 0 unspecified atom stereocenters. The van der Waals surface area contributed by atoms with Gasteiger partial charge in [0, 0.05) is 17.1 Å². The van der Waals surface area contributed by atoms with Gasteiger partial charge in [0.1, 0.15) is 0 Å². The molecule has 8 nitrogen and oxygen atoms in total. The summed E-state index contributed by atoms with van der Waals surface area (Å²) in [6.45, 7) is 2.63. The lowest BCUT2D eigenvalue weighted by Crippen LogP contribution is -2.20. The summed E-state index contributed by atoms with van der Waals surface area (Å²) in [5.74, 6) is 0.0219. The predicted octanol–water partition coefficient (Wildman–Crippen LogP) is 3.27. The van der Waals surface area contributed by atoms with Crippen LogP contribution in [0.2, 0.25) is 5.02 Å². The first-order chi connectivity index (χ1) is 14.0. The van der Waals surface area contributed by atoms with E-state index in [-0.39, 0.29) is 23.2 Å². The number of carbonyl (C=O) groups is 1. The fourth-order valence-electron chi connectivity index (χ4n) is 2.45. The molecule has 3 aromatic rings. The maximum Gasteiger partial charge on any atom is 0.250 e. The van der Waals surface area contributed by atoms with Crippen LogP contribution in [0.15, 0.2) is 52.7 Å². The minimum atomic E-state index is -0.312. The van der Waals surface area contributed by atoms with E-state index in [0.29, 0.717) is 28.1 Å². The van der Waals surface area contributed by atoms with Gasteiger partial charge in [0.2, 0.25) is 0 Å². The summed E-state index contributed by atoms with van der Waals surface area (Å²) in [6.07, 6.45) is 1.37. The summed E-state index contributed by atoms with van der Waals surface area (Å²) in [7, 11) is 0. The lowest BCUT2D eigenvalue weighted by Gasteiger charge is -2.07. The number of phenolic OH excluding ortho intramolecular Hbond substituents is 2. The lowest BCUT2D eigenvalue weighted by atomic mass is 10.2. The second-order valence-corrected chi connectivity index (χ2v) is 7.27. The lowest BCUT2D eigenvalue weighted by molar-refractivity contribution is -0.118. The maximum absolute atomic E-state index is 12.0. The smallest absolute Gasteiger partial charge is 0.250 e. The molecule has 29 heavy (non-hydrogen) atoms. The summed E-state index contributed by atoms with van der Waals surface area (Å²) >= 11 is 7.18. The second-order valence-electron chi connectivity index (χ2n) is 5.89. The van der Waals surface area contributed by atoms with Gasteiger partial charge in [-0.25, -0.2) is 5.43 Å². The molecule has 1 amide bonds. The highest BCUT2D eigenvalue weighted by molar-refractivity contribution is 7.99. The van der Waals surface area contributed by atoms with Crippen LogP contribution in [0.25, 0.3) is 11.4 Å². The van der Waals surface area contributed by atoms with E-state index < -0.39 is 0 Å². The molecule has 3 rings (SSSR count). The molecule has 1 aromatic heterocycles. The van der Waals surface area contributed by atoms with Crippen LogP contribution in [0.5, 0.6) is 11.5 Å². The highest BCUT2D eigenvalue weighted by Crippen LogP contribution is 2.25. The Hall–Kier alpha value is -3.04. The van der Waals surface area contributed by atoms with Crippen molar-refractivity contribution in [3.63, 3.8) is 0 Å². The zero-order chi connectivity index (χ0) is 20.8. The number of nitrogens with one attached hydrogen (secondary N) is 1. The van der Waals surface area contributed by atoms with E-state index in [4.69, 9.17) is 11.6 Å². The normalized spacial score (nSPS) is 11.1. The SMILES string of the molecule is CCn1c(SCC(=O)N/N=C\c2ccc(O)c(O)c2)nnc1-c1ccc(Cl)cc1. The summed E-state index contributed by atoms with van der Waals surface area (Å²) in [6, 6.07) is 11.5. The zero-order valence-corrected chi connectivity index (χ0v) is 17.0. The Morgan fingerprint density at radius 1 is 1.21 bits per heavy atom. The van der Waals surface area contributed by atoms with Crippen molar-refractivity contribution in [2.75, 3.05) is 5.75 Å². The van der Waals surface area contributed by atoms with Crippen molar-refractivity contribution in [1.82, 2.24) is 20.2 Å². The highest BCUT2D eigenvalue weighted by atomic mass is 35.5. The van der Waals surface area contributed by atoms with Gasteiger partial charge in [0.15, 0.2) is 22.5 Å². The standard InChI is InChI=1S/C19H18ClN5O3S/c1-2-25-18(13-4-6-14(20)7-5-13)23-24-19(25)29-11-17(28)22-21-10-12-3-8-15(26)16(27)9-12/h3-10,26-27H,2,11H2,1H3,(H,22,28)/b21-10-. The van der Waals surface area contributed by atoms with Gasteiger partial charge < -0.3 is 14.8 Å². The first-order valence-electron chi connectivity index (χ1n) is 8.63. The number of benzene rings is 2. The Balaban J connectivity index is 1.59. The van der Waals surface area contributed by atoms with Gasteiger partial charge >= 0.3 is 0 Å². The number of hydrazone groups is 1. The van der Waals surface area contributed by atoms with Gasteiger partial charge in [-0.05, 0) is 55.0 Å². The van der Waals surface area contributed by atoms with Crippen molar-refractivity contribution in [3.05, 3.63) is 53.1 Å². The molecule has 1 heterocycles. The number of thioether (sulfide) groups is 1. The molecule has 0 fully saturated rings. The Morgan fingerprint density at radius 3 is 2.66 bits per heavy atom. The van der Waals surface area contributed by atoms with E-state index in [2.05, 4.69) is 20.7 Å². The number of halogens is 1. The third kappa shape index (κ3) is 5.27. The summed E-state index contributed by atoms with van der Waals surface area (Å²) in [5, 5.41) is 32.2. The number of carbonyl (C=O) groups excluding carboxylic acids is 1. The molecule has 0 spiro atoms. The molecule has 0 saturated carbocycles. The molecule has 3 N–H and O–H groups in total. The molecule has 0 aliphatic rings. The third-order valence-corrected chi connectivity index (χ3v) is 5.09. The van der Waals surface area contributed by atoms with Crippen LogP contribution in [0.3, 0.4) is 0 Å². The molecular weight excluding hydrogens is 414 g/mol. The van der Waals surface area contributed by atoms with Gasteiger partial charge in [0.25, 0.3) is 5.91 Å². The molecule has 10 heteroatoms. The van der Waals surface area contributed by atoms with E-state index in [0.717, 1.165) is 5.56 Å². The number of aromatic hydroxyl groups is 2. The number of aromatic nitrogens is 3. The minimum absolute atomic E-state index is 0.108. The maximum atomic E-state index is 12.0. The summed E-state index contributed by atoms with van der Waals surface area (Å²) in [4.78, 5) is 12.0. The van der Waals surface area contributed by atoms with E-state index in [9.17, 15) is 15.0 Å². The molecule has 0 radical (unpaired) electrons. The van der Waals surface area contributed by atoms with Crippen molar-refractivity contribution in [1.29, 1.82) is 0 Å². The topological polar surface area (TPSA) is 113 Å². The van der Waals surface area contributed by atoms with E-state index >= 15 is 0 Å². The summed E-state index contributed by atoms with van der Waals surface area (Å²) < 4.78 is 1.92. The quantitative estimate of drug-likeness (QED) is 0.229. The van der Waals surface area contributed by atoms with Crippen LogP contribution in [0.4, 0.5) is 0 Å². The summed E-state index contributed by atoms with van der Waals surface area (Å²) in [5.41, 5.74) is 3.84.